The summed E-state index contributed by atoms with van der Waals surface area (Å²) >= 11 is 1.77. The SMILES string of the molecule is CCS(=O)(=O)C1CSCCN1CC1CCCCC1CN. The van der Waals surface area contributed by atoms with E-state index in [0.717, 1.165) is 31.1 Å². The van der Waals surface area contributed by atoms with Crippen molar-refractivity contribution in [2.24, 2.45) is 17.6 Å². The van der Waals surface area contributed by atoms with Gasteiger partial charge in [0.25, 0.3) is 0 Å². The molecular formula is C14H28N2O2S2. The lowest BCUT2D eigenvalue weighted by atomic mass is 9.79. The van der Waals surface area contributed by atoms with E-state index in [0.29, 0.717) is 11.8 Å². The van der Waals surface area contributed by atoms with E-state index in [2.05, 4.69) is 4.90 Å². The average Bonchev–Trinajstić information content (AvgIpc) is 2.48. The van der Waals surface area contributed by atoms with Gasteiger partial charge in [-0.3, -0.25) is 4.90 Å². The second kappa shape index (κ2) is 7.47. The Morgan fingerprint density at radius 3 is 2.60 bits per heavy atom. The molecule has 0 aromatic heterocycles. The fraction of sp³-hybridized carbons (Fsp3) is 1.00. The van der Waals surface area contributed by atoms with Crippen molar-refractivity contribution in [1.82, 2.24) is 4.90 Å². The predicted octanol–water partition coefficient (Wildman–Crippen LogP) is 1.56. The summed E-state index contributed by atoms with van der Waals surface area (Å²) in [6.07, 6.45) is 4.99. The highest BCUT2D eigenvalue weighted by atomic mass is 32.2. The normalized spacial score (nSPS) is 33.2. The van der Waals surface area contributed by atoms with E-state index in [9.17, 15) is 8.42 Å². The standard InChI is InChI=1S/C14H28N2O2S2/c1-2-20(17,18)14-11-19-8-7-16(14)10-13-6-4-3-5-12(13)9-15/h12-14H,2-11,15H2,1H3. The maximum absolute atomic E-state index is 12.3. The van der Waals surface area contributed by atoms with Crippen LogP contribution in [-0.4, -0.2) is 55.6 Å². The highest BCUT2D eigenvalue weighted by molar-refractivity contribution is 8.01. The molecule has 0 aromatic carbocycles. The van der Waals surface area contributed by atoms with Gasteiger partial charge in [0.1, 0.15) is 5.37 Å². The summed E-state index contributed by atoms with van der Waals surface area (Å²) in [6, 6.07) is 0. The summed E-state index contributed by atoms with van der Waals surface area (Å²) in [5.41, 5.74) is 5.90. The summed E-state index contributed by atoms with van der Waals surface area (Å²) < 4.78 is 24.6. The third-order valence-corrected chi connectivity index (χ3v) is 8.18. The molecule has 0 amide bonds. The van der Waals surface area contributed by atoms with Gasteiger partial charge < -0.3 is 5.73 Å². The van der Waals surface area contributed by atoms with Crippen molar-refractivity contribution < 1.29 is 8.42 Å². The molecule has 2 N–H and O–H groups in total. The molecule has 2 fully saturated rings. The van der Waals surface area contributed by atoms with E-state index in [1.807, 2.05) is 0 Å². The highest BCUT2D eigenvalue weighted by Gasteiger charge is 2.35. The Kier molecular flexibility index (Phi) is 6.20. The first-order valence-corrected chi connectivity index (χ1v) is 10.7. The molecule has 6 heteroatoms. The largest absolute Gasteiger partial charge is 0.330 e. The molecule has 1 heterocycles. The summed E-state index contributed by atoms with van der Waals surface area (Å²) in [6.45, 7) is 4.34. The quantitative estimate of drug-likeness (QED) is 0.833. The van der Waals surface area contributed by atoms with Crippen LogP contribution in [0.4, 0.5) is 0 Å². The van der Waals surface area contributed by atoms with Gasteiger partial charge in [-0.2, -0.15) is 11.8 Å². The van der Waals surface area contributed by atoms with E-state index in [1.54, 1.807) is 18.7 Å². The molecule has 1 saturated heterocycles. The van der Waals surface area contributed by atoms with Crippen molar-refractivity contribution >= 4 is 21.6 Å². The number of rotatable bonds is 5. The van der Waals surface area contributed by atoms with Crippen LogP contribution >= 0.6 is 11.8 Å². The van der Waals surface area contributed by atoms with Crippen molar-refractivity contribution in [3.8, 4) is 0 Å². The van der Waals surface area contributed by atoms with Gasteiger partial charge >= 0.3 is 0 Å². The van der Waals surface area contributed by atoms with Gasteiger partial charge in [0.05, 0.1) is 0 Å². The second-order valence-corrected chi connectivity index (χ2v) is 9.61. The zero-order valence-corrected chi connectivity index (χ0v) is 14.1. The van der Waals surface area contributed by atoms with E-state index in [1.165, 1.54) is 25.7 Å². The van der Waals surface area contributed by atoms with Crippen LogP contribution in [0.3, 0.4) is 0 Å². The van der Waals surface area contributed by atoms with Gasteiger partial charge in [-0.25, -0.2) is 8.42 Å². The molecule has 4 nitrogen and oxygen atoms in total. The van der Waals surface area contributed by atoms with Crippen molar-refractivity contribution in [2.75, 3.05) is 36.9 Å². The number of thioether (sulfide) groups is 1. The molecule has 0 aromatic rings. The monoisotopic (exact) mass is 320 g/mol. The molecule has 1 aliphatic heterocycles. The van der Waals surface area contributed by atoms with Crippen LogP contribution < -0.4 is 5.73 Å². The maximum Gasteiger partial charge on any atom is 0.166 e. The fourth-order valence-corrected chi connectivity index (χ4v) is 6.57. The van der Waals surface area contributed by atoms with E-state index in [-0.39, 0.29) is 11.1 Å². The summed E-state index contributed by atoms with van der Waals surface area (Å²) in [7, 11) is -2.97. The first kappa shape index (κ1) is 16.6. The number of hydrogen-bond acceptors (Lipinski definition) is 5. The molecule has 2 aliphatic rings. The molecule has 0 bridgehead atoms. The smallest absolute Gasteiger partial charge is 0.166 e. The number of hydrogen-bond donors (Lipinski definition) is 1. The van der Waals surface area contributed by atoms with Crippen LogP contribution in [0.5, 0.6) is 0 Å². The minimum Gasteiger partial charge on any atom is -0.330 e. The van der Waals surface area contributed by atoms with Gasteiger partial charge in [-0.15, -0.1) is 0 Å². The summed E-state index contributed by atoms with van der Waals surface area (Å²) in [5.74, 6) is 3.21. The van der Waals surface area contributed by atoms with Gasteiger partial charge in [0.2, 0.25) is 0 Å². The lowest BCUT2D eigenvalue weighted by Gasteiger charge is -2.40. The van der Waals surface area contributed by atoms with Crippen LogP contribution in [0.15, 0.2) is 0 Å². The Morgan fingerprint density at radius 2 is 1.95 bits per heavy atom. The maximum atomic E-state index is 12.3. The Bertz CT molecular complexity index is 400. The zero-order chi connectivity index (χ0) is 14.6. The molecule has 1 aliphatic carbocycles. The van der Waals surface area contributed by atoms with E-state index >= 15 is 0 Å². The molecule has 118 valence electrons. The van der Waals surface area contributed by atoms with Crippen LogP contribution in [0.2, 0.25) is 0 Å². The van der Waals surface area contributed by atoms with Crippen molar-refractivity contribution in [2.45, 2.75) is 38.0 Å². The highest BCUT2D eigenvalue weighted by Crippen LogP contribution is 2.32. The topological polar surface area (TPSA) is 63.4 Å². The summed E-state index contributed by atoms with van der Waals surface area (Å²) in [5, 5.41) is -0.272. The molecule has 3 atom stereocenters. The third kappa shape index (κ3) is 3.90. The fourth-order valence-electron chi connectivity index (χ4n) is 3.48. The van der Waals surface area contributed by atoms with Crippen molar-refractivity contribution in [1.29, 1.82) is 0 Å². The second-order valence-electron chi connectivity index (χ2n) is 6.02. The van der Waals surface area contributed by atoms with Gasteiger partial charge in [0.15, 0.2) is 9.84 Å². The van der Waals surface area contributed by atoms with Crippen LogP contribution in [0, 0.1) is 11.8 Å². The Hall–Kier alpha value is 0.220. The van der Waals surface area contributed by atoms with E-state index in [4.69, 9.17) is 5.73 Å². The number of sulfone groups is 1. The third-order valence-electron chi connectivity index (χ3n) is 4.85. The Balaban J connectivity index is 2.04. The average molecular weight is 321 g/mol. The van der Waals surface area contributed by atoms with E-state index < -0.39 is 9.84 Å². The first-order chi connectivity index (χ1) is 9.58. The molecule has 0 spiro atoms. The lowest BCUT2D eigenvalue weighted by molar-refractivity contribution is 0.152. The lowest BCUT2D eigenvalue weighted by Crippen LogP contribution is -2.50. The Labute approximate surface area is 127 Å². The van der Waals surface area contributed by atoms with Gasteiger partial charge in [-0.05, 0) is 31.2 Å². The molecule has 2 rings (SSSR count). The van der Waals surface area contributed by atoms with Crippen LogP contribution in [0.25, 0.3) is 0 Å². The van der Waals surface area contributed by atoms with Crippen LogP contribution in [-0.2, 0) is 9.84 Å². The zero-order valence-electron chi connectivity index (χ0n) is 12.5. The minimum absolute atomic E-state index is 0.250. The summed E-state index contributed by atoms with van der Waals surface area (Å²) in [4.78, 5) is 2.23. The number of nitrogens with zero attached hydrogens (tertiary/aromatic N) is 1. The number of nitrogens with two attached hydrogens (primary N) is 1. The van der Waals surface area contributed by atoms with Gasteiger partial charge in [-0.1, -0.05) is 19.8 Å². The van der Waals surface area contributed by atoms with Crippen molar-refractivity contribution in [3.05, 3.63) is 0 Å². The molecule has 3 unspecified atom stereocenters. The van der Waals surface area contributed by atoms with Crippen LogP contribution in [0.1, 0.15) is 32.6 Å². The predicted molar refractivity (Wildman–Crippen MR) is 86.6 cm³/mol. The van der Waals surface area contributed by atoms with Gasteiger partial charge in [0, 0.05) is 30.3 Å². The molecule has 0 radical (unpaired) electrons. The molecular weight excluding hydrogens is 292 g/mol. The van der Waals surface area contributed by atoms with Crippen molar-refractivity contribution in [3.63, 3.8) is 0 Å². The molecule has 20 heavy (non-hydrogen) atoms. The Morgan fingerprint density at radius 1 is 1.25 bits per heavy atom. The minimum atomic E-state index is -2.97. The first-order valence-electron chi connectivity index (χ1n) is 7.82. The molecule has 1 saturated carbocycles.